The van der Waals surface area contributed by atoms with Crippen molar-refractivity contribution >= 4 is 0 Å². The minimum Gasteiger partial charge on any atom is -0.379 e. The highest BCUT2D eigenvalue weighted by molar-refractivity contribution is 5.31. The Morgan fingerprint density at radius 2 is 1.95 bits per heavy atom. The smallest absolute Gasteiger partial charge is 0.0991 e. The van der Waals surface area contributed by atoms with E-state index >= 15 is 0 Å². The van der Waals surface area contributed by atoms with Gasteiger partial charge in [0, 0.05) is 19.6 Å². The van der Waals surface area contributed by atoms with Crippen LogP contribution in [0.5, 0.6) is 0 Å². The summed E-state index contributed by atoms with van der Waals surface area (Å²) in [4.78, 5) is 2.45. The summed E-state index contributed by atoms with van der Waals surface area (Å²) in [6.45, 7) is 6.92. The van der Waals surface area contributed by atoms with Crippen molar-refractivity contribution in [3.63, 3.8) is 0 Å². The molecule has 1 N–H and O–H groups in total. The normalized spacial score (nSPS) is 16.2. The predicted molar refractivity (Wildman–Crippen MR) is 74.7 cm³/mol. The Hall–Kier alpha value is -1.41. The van der Waals surface area contributed by atoms with Gasteiger partial charge in [0.2, 0.25) is 0 Å². The Morgan fingerprint density at radius 1 is 1.21 bits per heavy atom. The minimum atomic E-state index is 0.719. The van der Waals surface area contributed by atoms with Crippen LogP contribution < -0.4 is 5.32 Å². The highest BCUT2D eigenvalue weighted by atomic mass is 16.5. The van der Waals surface area contributed by atoms with E-state index in [1.807, 2.05) is 24.3 Å². The molecule has 1 aliphatic heterocycles. The summed E-state index contributed by atoms with van der Waals surface area (Å²) in [5.74, 6) is 0. The van der Waals surface area contributed by atoms with Gasteiger partial charge in [0.1, 0.15) is 0 Å². The lowest BCUT2D eigenvalue weighted by Crippen LogP contribution is -2.37. The molecule has 4 nitrogen and oxygen atoms in total. The van der Waals surface area contributed by atoms with Crippen LogP contribution in [0.3, 0.4) is 0 Å². The molecule has 0 spiro atoms. The number of benzene rings is 1. The van der Waals surface area contributed by atoms with Gasteiger partial charge in [-0.3, -0.25) is 4.90 Å². The van der Waals surface area contributed by atoms with Gasteiger partial charge in [-0.2, -0.15) is 5.26 Å². The van der Waals surface area contributed by atoms with Crippen LogP contribution in [0.25, 0.3) is 0 Å². The van der Waals surface area contributed by atoms with Crippen LogP contribution in [0.2, 0.25) is 0 Å². The molecule has 19 heavy (non-hydrogen) atoms. The maximum absolute atomic E-state index is 8.72. The third kappa shape index (κ3) is 4.99. The molecule has 1 aromatic rings. The zero-order valence-electron chi connectivity index (χ0n) is 11.3. The number of ether oxygens (including phenoxy) is 1. The second kappa shape index (κ2) is 7.90. The molecule has 1 fully saturated rings. The molecule has 0 aliphatic carbocycles. The van der Waals surface area contributed by atoms with Crippen molar-refractivity contribution in [2.45, 2.75) is 13.0 Å². The summed E-state index contributed by atoms with van der Waals surface area (Å²) in [5.41, 5.74) is 1.95. The summed E-state index contributed by atoms with van der Waals surface area (Å²) in [7, 11) is 0. The van der Waals surface area contributed by atoms with Gasteiger partial charge in [-0.05, 0) is 37.2 Å². The quantitative estimate of drug-likeness (QED) is 0.784. The van der Waals surface area contributed by atoms with E-state index in [2.05, 4.69) is 16.3 Å². The van der Waals surface area contributed by atoms with E-state index in [-0.39, 0.29) is 0 Å². The molecule has 0 radical (unpaired) electrons. The van der Waals surface area contributed by atoms with Gasteiger partial charge in [-0.15, -0.1) is 0 Å². The van der Waals surface area contributed by atoms with Gasteiger partial charge in [0.15, 0.2) is 0 Å². The summed E-state index contributed by atoms with van der Waals surface area (Å²) >= 11 is 0. The molecular weight excluding hydrogens is 238 g/mol. The third-order valence-corrected chi connectivity index (χ3v) is 3.34. The Kier molecular flexibility index (Phi) is 5.83. The molecule has 1 aliphatic rings. The van der Waals surface area contributed by atoms with E-state index in [0.29, 0.717) is 0 Å². The fourth-order valence-corrected chi connectivity index (χ4v) is 2.18. The van der Waals surface area contributed by atoms with Crippen LogP contribution in [-0.4, -0.2) is 44.3 Å². The molecule has 0 unspecified atom stereocenters. The molecule has 102 valence electrons. The molecule has 0 saturated carbocycles. The van der Waals surface area contributed by atoms with E-state index in [1.165, 1.54) is 5.56 Å². The van der Waals surface area contributed by atoms with Crippen LogP contribution >= 0.6 is 0 Å². The molecule has 0 bridgehead atoms. The van der Waals surface area contributed by atoms with Crippen molar-refractivity contribution in [3.8, 4) is 6.07 Å². The highest BCUT2D eigenvalue weighted by Gasteiger charge is 2.08. The molecule has 1 saturated heterocycles. The lowest BCUT2D eigenvalue weighted by atomic mass is 10.1. The maximum Gasteiger partial charge on any atom is 0.0991 e. The first-order chi connectivity index (χ1) is 9.38. The average molecular weight is 259 g/mol. The van der Waals surface area contributed by atoms with E-state index in [4.69, 9.17) is 10.00 Å². The van der Waals surface area contributed by atoms with Crippen molar-refractivity contribution in [2.24, 2.45) is 0 Å². The second-order valence-corrected chi connectivity index (χ2v) is 4.79. The summed E-state index contributed by atoms with van der Waals surface area (Å²) in [6, 6.07) is 9.88. The highest BCUT2D eigenvalue weighted by Crippen LogP contribution is 2.03. The van der Waals surface area contributed by atoms with Gasteiger partial charge in [0.25, 0.3) is 0 Å². The van der Waals surface area contributed by atoms with Crippen molar-refractivity contribution in [3.05, 3.63) is 35.4 Å². The van der Waals surface area contributed by atoms with E-state index in [1.54, 1.807) is 0 Å². The Bertz CT molecular complexity index is 404. The average Bonchev–Trinajstić information content (AvgIpc) is 2.49. The number of hydrogen-bond acceptors (Lipinski definition) is 4. The number of rotatable bonds is 6. The van der Waals surface area contributed by atoms with Crippen LogP contribution in [0.4, 0.5) is 0 Å². The first-order valence-corrected chi connectivity index (χ1v) is 6.88. The Labute approximate surface area is 115 Å². The monoisotopic (exact) mass is 259 g/mol. The van der Waals surface area contributed by atoms with Gasteiger partial charge < -0.3 is 10.1 Å². The van der Waals surface area contributed by atoms with Crippen LogP contribution in [0.15, 0.2) is 24.3 Å². The van der Waals surface area contributed by atoms with Gasteiger partial charge in [-0.1, -0.05) is 12.1 Å². The third-order valence-electron chi connectivity index (χ3n) is 3.34. The Balaban J connectivity index is 1.57. The molecule has 0 atom stereocenters. The first-order valence-electron chi connectivity index (χ1n) is 6.88. The van der Waals surface area contributed by atoms with Crippen LogP contribution in [0.1, 0.15) is 17.5 Å². The summed E-state index contributed by atoms with van der Waals surface area (Å²) in [5, 5.41) is 12.2. The fourth-order valence-electron chi connectivity index (χ4n) is 2.18. The van der Waals surface area contributed by atoms with Gasteiger partial charge >= 0.3 is 0 Å². The fraction of sp³-hybridized carbons (Fsp3) is 0.533. The minimum absolute atomic E-state index is 0.719. The van der Waals surface area contributed by atoms with Crippen molar-refractivity contribution in [2.75, 3.05) is 39.4 Å². The van der Waals surface area contributed by atoms with Crippen LogP contribution in [-0.2, 0) is 11.3 Å². The van der Waals surface area contributed by atoms with Crippen molar-refractivity contribution in [1.29, 1.82) is 5.26 Å². The first kappa shape index (κ1) is 14.0. The van der Waals surface area contributed by atoms with E-state index in [9.17, 15) is 0 Å². The zero-order valence-corrected chi connectivity index (χ0v) is 11.3. The molecule has 1 aromatic carbocycles. The molecule has 0 amide bonds. The number of nitrogens with one attached hydrogen (secondary N) is 1. The zero-order chi connectivity index (χ0) is 13.3. The summed E-state index contributed by atoms with van der Waals surface area (Å²) in [6.07, 6.45) is 1.16. The molecule has 1 heterocycles. The van der Waals surface area contributed by atoms with Crippen molar-refractivity contribution < 1.29 is 4.74 Å². The van der Waals surface area contributed by atoms with Crippen molar-refractivity contribution in [1.82, 2.24) is 10.2 Å². The number of nitriles is 1. The van der Waals surface area contributed by atoms with Gasteiger partial charge in [0.05, 0.1) is 24.8 Å². The molecule has 2 rings (SSSR count). The summed E-state index contributed by atoms with van der Waals surface area (Å²) < 4.78 is 5.32. The number of morpholine rings is 1. The molecule has 4 heteroatoms. The Morgan fingerprint density at radius 3 is 2.63 bits per heavy atom. The predicted octanol–water partition coefficient (Wildman–Crippen LogP) is 1.37. The maximum atomic E-state index is 8.72. The molecule has 0 aromatic heterocycles. The van der Waals surface area contributed by atoms with E-state index < -0.39 is 0 Å². The largest absolute Gasteiger partial charge is 0.379 e. The topological polar surface area (TPSA) is 48.3 Å². The SMILES string of the molecule is N#Cc1ccc(CNCCCN2CCOCC2)cc1. The van der Waals surface area contributed by atoms with Gasteiger partial charge in [-0.25, -0.2) is 0 Å². The number of nitrogens with zero attached hydrogens (tertiary/aromatic N) is 2. The number of hydrogen-bond donors (Lipinski definition) is 1. The van der Waals surface area contributed by atoms with E-state index in [0.717, 1.165) is 57.9 Å². The second-order valence-electron chi connectivity index (χ2n) is 4.79. The molecular formula is C15H21N3O. The van der Waals surface area contributed by atoms with Crippen LogP contribution in [0, 0.1) is 11.3 Å². The lowest BCUT2D eigenvalue weighted by molar-refractivity contribution is 0.0374. The lowest BCUT2D eigenvalue weighted by Gasteiger charge is -2.26. The standard InChI is InChI=1S/C15H21N3O/c16-12-14-2-4-15(5-3-14)13-17-6-1-7-18-8-10-19-11-9-18/h2-5,17H,1,6-11,13H2.